The highest BCUT2D eigenvalue weighted by Gasteiger charge is 2.42. The highest BCUT2D eigenvalue weighted by Crippen LogP contribution is 2.34. The van der Waals surface area contributed by atoms with Crippen molar-refractivity contribution >= 4 is 17.9 Å². The minimum Gasteiger partial charge on any atom is -0.462 e. The summed E-state index contributed by atoms with van der Waals surface area (Å²) in [5.41, 5.74) is 0. The lowest BCUT2D eigenvalue weighted by molar-refractivity contribution is -0.167. The van der Waals surface area contributed by atoms with E-state index in [0.717, 1.165) is 161 Å². The first kappa shape index (κ1) is 74.1. The number of hydrogen-bond acceptors (Lipinski definition) is 13. The van der Waals surface area contributed by atoms with Crippen LogP contribution in [0, 0.1) is 0 Å². The number of hydrogen-bond donors (Lipinski definition) is 4. The number of epoxide rings is 1. The van der Waals surface area contributed by atoms with Gasteiger partial charge in [0.25, 0.3) is 0 Å². The zero-order chi connectivity index (χ0) is 57.4. The molecule has 9 unspecified atom stereocenters. The quantitative estimate of drug-likeness (QED) is 0.0196. The van der Waals surface area contributed by atoms with Crippen LogP contribution in [0.25, 0.3) is 0 Å². The molecular formula is C65H126N2O11. The van der Waals surface area contributed by atoms with Crippen LogP contribution in [0.15, 0.2) is 0 Å². The summed E-state index contributed by atoms with van der Waals surface area (Å²) in [5.74, 6) is -1.14. The summed E-state index contributed by atoms with van der Waals surface area (Å²) in [7, 11) is 0. The lowest BCUT2D eigenvalue weighted by Crippen LogP contribution is -2.45. The predicted molar refractivity (Wildman–Crippen MR) is 320 cm³/mol. The van der Waals surface area contributed by atoms with Crippen LogP contribution in [-0.4, -0.2) is 142 Å². The molecule has 0 aromatic heterocycles. The molecule has 0 aromatic rings. The molecule has 0 spiro atoms. The van der Waals surface area contributed by atoms with Gasteiger partial charge in [0.2, 0.25) is 0 Å². The van der Waals surface area contributed by atoms with Crippen LogP contribution in [0.3, 0.4) is 0 Å². The molecule has 9 atom stereocenters. The lowest BCUT2D eigenvalue weighted by atomic mass is 9.94. The van der Waals surface area contributed by atoms with Gasteiger partial charge in [0.05, 0.1) is 36.6 Å². The first-order valence-electron chi connectivity index (χ1n) is 33.2. The Kier molecular flexibility index (Phi) is 48.3. The standard InChI is InChI=1S/C65H126N2O11/c1-8-15-18-20-21-25-34-41-54(68)42-35-26-22-31-40-49-65(74)77-56(52-75-63(72)47-38-29-23-27-36-44-59(70)57(66(11-4)12-5)50-55(69)43-33-19-16-9-2)53-76-64(73)48-39-30-24-28-37-45-60(71)58(67(13-6)14-7)51-62-61(78-62)46-32-17-10-3/h54-62,68-71H,8-53H2,1-7H3. The summed E-state index contributed by atoms with van der Waals surface area (Å²) >= 11 is 0. The van der Waals surface area contributed by atoms with Gasteiger partial charge in [-0.05, 0) is 96.8 Å². The SMILES string of the molecule is CCCCCCCCCC(O)CCCCCCCC(=O)OC(COC(=O)CCCCCCCC(O)C(CC(O)CCCCCC)N(CC)CC)COC(=O)CCCCCCCC(O)C(CC1OC1CCCCC)N(CC)CC. The Morgan fingerprint density at radius 2 is 0.769 bits per heavy atom. The molecule has 462 valence electrons. The van der Waals surface area contributed by atoms with E-state index < -0.39 is 30.4 Å². The van der Waals surface area contributed by atoms with E-state index in [-0.39, 0.29) is 68.7 Å². The van der Waals surface area contributed by atoms with Gasteiger partial charge in [0.15, 0.2) is 6.10 Å². The van der Waals surface area contributed by atoms with Crippen LogP contribution in [0.5, 0.6) is 0 Å². The topological polar surface area (TPSA) is 179 Å². The van der Waals surface area contributed by atoms with Crippen molar-refractivity contribution in [1.82, 2.24) is 9.80 Å². The molecule has 1 saturated heterocycles. The molecule has 78 heavy (non-hydrogen) atoms. The van der Waals surface area contributed by atoms with Gasteiger partial charge in [-0.1, -0.05) is 215 Å². The van der Waals surface area contributed by atoms with Crippen molar-refractivity contribution in [1.29, 1.82) is 0 Å². The number of ether oxygens (including phenoxy) is 4. The fourth-order valence-electron chi connectivity index (χ4n) is 11.4. The van der Waals surface area contributed by atoms with Gasteiger partial charge in [-0.2, -0.15) is 0 Å². The first-order valence-corrected chi connectivity index (χ1v) is 33.2. The van der Waals surface area contributed by atoms with Crippen LogP contribution in [0.4, 0.5) is 0 Å². The fraction of sp³-hybridized carbons (Fsp3) is 0.954. The van der Waals surface area contributed by atoms with Gasteiger partial charge < -0.3 is 39.4 Å². The predicted octanol–water partition coefficient (Wildman–Crippen LogP) is 14.3. The number of carbonyl (C=O) groups is 3. The summed E-state index contributed by atoms with van der Waals surface area (Å²) in [5, 5.41) is 43.7. The minimum absolute atomic E-state index is 0.0569. The van der Waals surface area contributed by atoms with Crippen LogP contribution >= 0.6 is 0 Å². The average Bonchev–Trinajstić information content (AvgIpc) is 4.18. The van der Waals surface area contributed by atoms with E-state index in [2.05, 4.69) is 58.3 Å². The average molecular weight is 1110 g/mol. The molecule has 0 radical (unpaired) electrons. The van der Waals surface area contributed by atoms with E-state index in [9.17, 15) is 34.8 Å². The number of likely N-dealkylation sites (N-methyl/N-ethyl adjacent to an activating group) is 2. The maximum Gasteiger partial charge on any atom is 0.306 e. The van der Waals surface area contributed by atoms with E-state index in [1.807, 2.05) is 0 Å². The lowest BCUT2D eigenvalue weighted by Gasteiger charge is -2.35. The number of rotatable bonds is 58. The number of carbonyl (C=O) groups excluding carboxylic acids is 3. The normalized spacial score (nSPS) is 17.2. The first-order chi connectivity index (χ1) is 37.9. The van der Waals surface area contributed by atoms with Crippen molar-refractivity contribution in [3.8, 4) is 0 Å². The Labute approximate surface area is 479 Å². The molecule has 0 saturated carbocycles. The molecule has 1 aliphatic rings. The second-order valence-corrected chi connectivity index (χ2v) is 23.4. The van der Waals surface area contributed by atoms with Gasteiger partial charge in [0, 0.05) is 31.3 Å². The Balaban J connectivity index is 2.56. The summed E-state index contributed by atoms with van der Waals surface area (Å²) in [4.78, 5) is 43.5. The molecule has 4 N–H and O–H groups in total. The zero-order valence-electron chi connectivity index (χ0n) is 51.8. The maximum atomic E-state index is 13.0. The molecular weight excluding hydrogens is 985 g/mol. The monoisotopic (exact) mass is 1110 g/mol. The van der Waals surface area contributed by atoms with E-state index in [1.165, 1.54) is 70.6 Å². The van der Waals surface area contributed by atoms with Crippen LogP contribution in [0.2, 0.25) is 0 Å². The Bertz CT molecular complexity index is 1330. The minimum atomic E-state index is -0.887. The Morgan fingerprint density at radius 1 is 0.410 bits per heavy atom. The summed E-state index contributed by atoms with van der Waals surface area (Å²) in [6, 6.07) is 0.0494. The molecule has 13 nitrogen and oxygen atoms in total. The van der Waals surface area contributed by atoms with Crippen molar-refractivity contribution in [2.24, 2.45) is 0 Å². The van der Waals surface area contributed by atoms with Crippen molar-refractivity contribution < 1.29 is 53.8 Å². The van der Waals surface area contributed by atoms with Gasteiger partial charge >= 0.3 is 17.9 Å². The van der Waals surface area contributed by atoms with Crippen molar-refractivity contribution in [3.05, 3.63) is 0 Å². The zero-order valence-corrected chi connectivity index (χ0v) is 51.8. The van der Waals surface area contributed by atoms with Crippen molar-refractivity contribution in [2.45, 2.75) is 360 Å². The third kappa shape index (κ3) is 39.5. The molecule has 1 aliphatic heterocycles. The molecule has 13 heteroatoms. The van der Waals surface area contributed by atoms with E-state index in [0.29, 0.717) is 38.2 Å². The largest absolute Gasteiger partial charge is 0.462 e. The molecule has 0 aliphatic carbocycles. The molecule has 1 heterocycles. The number of aliphatic hydroxyl groups is 4. The second-order valence-electron chi connectivity index (χ2n) is 23.4. The van der Waals surface area contributed by atoms with Crippen LogP contribution in [0.1, 0.15) is 305 Å². The third-order valence-corrected chi connectivity index (χ3v) is 16.6. The summed E-state index contributed by atoms with van der Waals surface area (Å²) in [6.07, 6.45) is 35.6. The highest BCUT2D eigenvalue weighted by molar-refractivity contribution is 5.71. The molecule has 0 amide bonds. The number of nitrogens with zero attached hydrogens (tertiary/aromatic N) is 2. The molecule has 1 rings (SSSR count). The van der Waals surface area contributed by atoms with E-state index in [1.54, 1.807) is 0 Å². The molecule has 0 aromatic carbocycles. The van der Waals surface area contributed by atoms with E-state index in [4.69, 9.17) is 18.9 Å². The number of unbranched alkanes of at least 4 members (excludes halogenated alkanes) is 23. The van der Waals surface area contributed by atoms with Crippen LogP contribution < -0.4 is 0 Å². The summed E-state index contributed by atoms with van der Waals surface area (Å²) in [6.45, 7) is 18.3. The number of esters is 3. The van der Waals surface area contributed by atoms with Crippen molar-refractivity contribution in [2.75, 3.05) is 39.4 Å². The fourth-order valence-corrected chi connectivity index (χ4v) is 11.4. The molecule has 0 bridgehead atoms. The van der Waals surface area contributed by atoms with Crippen molar-refractivity contribution in [3.63, 3.8) is 0 Å². The second kappa shape index (κ2) is 50.8. The Hall–Kier alpha value is -1.87. The maximum absolute atomic E-state index is 13.0. The summed E-state index contributed by atoms with van der Waals surface area (Å²) < 4.78 is 23.0. The van der Waals surface area contributed by atoms with Crippen LogP contribution in [-0.2, 0) is 33.3 Å². The van der Waals surface area contributed by atoms with E-state index >= 15 is 0 Å². The third-order valence-electron chi connectivity index (χ3n) is 16.6. The number of aliphatic hydroxyl groups excluding tert-OH is 4. The Morgan fingerprint density at radius 3 is 1.23 bits per heavy atom. The van der Waals surface area contributed by atoms with Gasteiger partial charge in [-0.3, -0.25) is 24.2 Å². The highest BCUT2D eigenvalue weighted by atomic mass is 16.6. The molecule has 1 fully saturated rings. The van der Waals surface area contributed by atoms with Gasteiger partial charge in [-0.15, -0.1) is 0 Å². The smallest absolute Gasteiger partial charge is 0.306 e. The van der Waals surface area contributed by atoms with Gasteiger partial charge in [-0.25, -0.2) is 0 Å². The van der Waals surface area contributed by atoms with Gasteiger partial charge in [0.1, 0.15) is 13.2 Å².